The lowest BCUT2D eigenvalue weighted by molar-refractivity contribution is 0.308. The molecule has 2 rings (SSSR count). The van der Waals surface area contributed by atoms with Crippen LogP contribution in [0.5, 0.6) is 5.75 Å². The van der Waals surface area contributed by atoms with Gasteiger partial charge in [0.15, 0.2) is 0 Å². The highest BCUT2D eigenvalue weighted by Crippen LogP contribution is 2.36. The fourth-order valence-electron chi connectivity index (χ4n) is 2.54. The summed E-state index contributed by atoms with van der Waals surface area (Å²) in [6.45, 7) is 0. The minimum absolute atomic E-state index is 0.123. The second-order valence-electron chi connectivity index (χ2n) is 4.76. The second-order valence-corrected chi connectivity index (χ2v) is 7.08. The van der Waals surface area contributed by atoms with Crippen molar-refractivity contribution in [1.29, 1.82) is 0 Å². The van der Waals surface area contributed by atoms with E-state index in [2.05, 4.69) is 45.2 Å². The van der Waals surface area contributed by atoms with Crippen molar-refractivity contribution in [3.8, 4) is 5.75 Å². The SMILES string of the molecule is N[C@@H](c1cc(I)c(O)c(I)c1)C1CCCCC1. The molecule has 0 aromatic heterocycles. The lowest BCUT2D eigenvalue weighted by atomic mass is 9.81. The highest BCUT2D eigenvalue weighted by atomic mass is 127. The molecule has 1 aliphatic rings. The van der Waals surface area contributed by atoms with E-state index < -0.39 is 0 Å². The molecule has 1 atom stereocenters. The molecular weight excluding hydrogens is 440 g/mol. The van der Waals surface area contributed by atoms with Gasteiger partial charge < -0.3 is 10.8 Å². The van der Waals surface area contributed by atoms with Gasteiger partial charge in [0.25, 0.3) is 0 Å². The molecule has 0 bridgehead atoms. The van der Waals surface area contributed by atoms with Gasteiger partial charge in [-0.15, -0.1) is 0 Å². The molecule has 3 N–H and O–H groups in total. The Morgan fingerprint density at radius 1 is 1.12 bits per heavy atom. The Bertz CT molecular complexity index is 379. The van der Waals surface area contributed by atoms with E-state index in [4.69, 9.17) is 5.73 Å². The Morgan fingerprint density at radius 3 is 2.18 bits per heavy atom. The number of rotatable bonds is 2. The van der Waals surface area contributed by atoms with Gasteiger partial charge in [-0.1, -0.05) is 19.3 Å². The van der Waals surface area contributed by atoms with Crippen LogP contribution in [0.25, 0.3) is 0 Å². The normalized spacial score (nSPS) is 19.2. The van der Waals surface area contributed by atoms with Crippen LogP contribution in [0, 0.1) is 13.1 Å². The molecular formula is C13H17I2NO. The summed E-state index contributed by atoms with van der Waals surface area (Å²) in [6, 6.07) is 4.17. The zero-order chi connectivity index (χ0) is 12.4. The van der Waals surface area contributed by atoms with E-state index in [0.29, 0.717) is 11.7 Å². The zero-order valence-corrected chi connectivity index (χ0v) is 13.9. The van der Waals surface area contributed by atoms with Crippen LogP contribution in [-0.2, 0) is 0 Å². The highest BCUT2D eigenvalue weighted by molar-refractivity contribution is 14.1. The fraction of sp³-hybridized carbons (Fsp3) is 0.538. The quantitative estimate of drug-likeness (QED) is 0.655. The minimum Gasteiger partial charge on any atom is -0.506 e. The van der Waals surface area contributed by atoms with Gasteiger partial charge >= 0.3 is 0 Å². The summed E-state index contributed by atoms with van der Waals surface area (Å²) in [5.41, 5.74) is 7.54. The first-order chi connectivity index (χ1) is 8.09. The molecule has 1 aromatic carbocycles. The van der Waals surface area contributed by atoms with Crippen LogP contribution in [-0.4, -0.2) is 5.11 Å². The number of benzene rings is 1. The van der Waals surface area contributed by atoms with Crippen LogP contribution in [0.3, 0.4) is 0 Å². The summed E-state index contributed by atoms with van der Waals surface area (Å²) in [6.07, 6.45) is 6.47. The van der Waals surface area contributed by atoms with Gasteiger partial charge in [-0.05, 0) is 81.6 Å². The molecule has 1 aliphatic carbocycles. The monoisotopic (exact) mass is 457 g/mol. The van der Waals surface area contributed by atoms with Gasteiger partial charge in [-0.3, -0.25) is 0 Å². The van der Waals surface area contributed by atoms with Crippen molar-refractivity contribution in [3.05, 3.63) is 24.8 Å². The molecule has 0 spiro atoms. The molecule has 4 heteroatoms. The molecule has 0 heterocycles. The Morgan fingerprint density at radius 2 is 1.65 bits per heavy atom. The Balaban J connectivity index is 2.21. The Kier molecular flexibility index (Phi) is 4.94. The van der Waals surface area contributed by atoms with Crippen molar-refractivity contribution in [2.45, 2.75) is 38.1 Å². The van der Waals surface area contributed by atoms with Crippen LogP contribution in [0.1, 0.15) is 43.7 Å². The first-order valence-electron chi connectivity index (χ1n) is 6.03. The third-order valence-corrected chi connectivity index (χ3v) is 5.23. The smallest absolute Gasteiger partial charge is 0.142 e. The van der Waals surface area contributed by atoms with E-state index in [9.17, 15) is 5.11 Å². The molecule has 0 amide bonds. The maximum Gasteiger partial charge on any atom is 0.142 e. The van der Waals surface area contributed by atoms with E-state index in [1.165, 1.54) is 37.7 Å². The lowest BCUT2D eigenvalue weighted by Gasteiger charge is -2.28. The van der Waals surface area contributed by atoms with Crippen LogP contribution in [0.2, 0.25) is 0 Å². The molecule has 1 aromatic rings. The Labute approximate surface area is 130 Å². The number of halogens is 2. The van der Waals surface area contributed by atoms with Gasteiger partial charge in [0.2, 0.25) is 0 Å². The van der Waals surface area contributed by atoms with E-state index in [-0.39, 0.29) is 6.04 Å². The van der Waals surface area contributed by atoms with Gasteiger partial charge in [0.05, 0.1) is 7.14 Å². The predicted molar refractivity (Wildman–Crippen MR) is 87.0 cm³/mol. The number of phenolic OH excluding ortho intramolecular Hbond substituents is 1. The first-order valence-corrected chi connectivity index (χ1v) is 8.19. The van der Waals surface area contributed by atoms with Crippen molar-refractivity contribution in [3.63, 3.8) is 0 Å². The number of phenols is 1. The molecule has 17 heavy (non-hydrogen) atoms. The van der Waals surface area contributed by atoms with Crippen molar-refractivity contribution in [1.82, 2.24) is 0 Å². The number of aromatic hydroxyl groups is 1. The van der Waals surface area contributed by atoms with Crippen LogP contribution in [0.15, 0.2) is 12.1 Å². The largest absolute Gasteiger partial charge is 0.506 e. The third-order valence-electron chi connectivity index (χ3n) is 3.58. The molecule has 0 saturated heterocycles. The summed E-state index contributed by atoms with van der Waals surface area (Å²) < 4.78 is 1.80. The van der Waals surface area contributed by atoms with Crippen molar-refractivity contribution >= 4 is 45.2 Å². The zero-order valence-electron chi connectivity index (χ0n) is 9.63. The van der Waals surface area contributed by atoms with Crippen LogP contribution in [0.4, 0.5) is 0 Å². The lowest BCUT2D eigenvalue weighted by Crippen LogP contribution is -2.23. The minimum atomic E-state index is 0.123. The van der Waals surface area contributed by atoms with Gasteiger partial charge in [0, 0.05) is 6.04 Å². The predicted octanol–water partition coefficient (Wildman–Crippen LogP) is 4.18. The molecule has 0 radical (unpaired) electrons. The number of hydrogen-bond acceptors (Lipinski definition) is 2. The summed E-state index contributed by atoms with van der Waals surface area (Å²) in [4.78, 5) is 0. The summed E-state index contributed by atoms with van der Waals surface area (Å²) in [5, 5.41) is 9.77. The van der Waals surface area contributed by atoms with Crippen molar-refractivity contribution in [2.24, 2.45) is 11.7 Å². The van der Waals surface area contributed by atoms with Gasteiger partial charge in [0.1, 0.15) is 5.75 Å². The van der Waals surface area contributed by atoms with E-state index in [1.54, 1.807) is 0 Å². The number of nitrogens with two attached hydrogens (primary N) is 1. The average Bonchev–Trinajstić information content (AvgIpc) is 2.35. The second kappa shape index (κ2) is 6.06. The maximum atomic E-state index is 9.77. The van der Waals surface area contributed by atoms with E-state index in [1.807, 2.05) is 12.1 Å². The fourth-order valence-corrected chi connectivity index (χ4v) is 4.36. The topological polar surface area (TPSA) is 46.2 Å². The summed E-state index contributed by atoms with van der Waals surface area (Å²) in [7, 11) is 0. The third kappa shape index (κ3) is 3.26. The van der Waals surface area contributed by atoms with E-state index in [0.717, 1.165) is 7.14 Å². The molecule has 0 unspecified atom stereocenters. The standard InChI is InChI=1S/C13H17I2NO/c14-10-6-9(7-11(15)13(10)17)12(16)8-4-2-1-3-5-8/h6-8,12,17H,1-5,16H2/t12-/m1/s1. The maximum absolute atomic E-state index is 9.77. The van der Waals surface area contributed by atoms with E-state index >= 15 is 0 Å². The van der Waals surface area contributed by atoms with Crippen LogP contribution < -0.4 is 5.73 Å². The molecule has 1 fully saturated rings. The van der Waals surface area contributed by atoms with Crippen molar-refractivity contribution in [2.75, 3.05) is 0 Å². The average molecular weight is 457 g/mol. The molecule has 94 valence electrons. The number of hydrogen-bond donors (Lipinski definition) is 2. The van der Waals surface area contributed by atoms with Gasteiger partial charge in [-0.25, -0.2) is 0 Å². The first kappa shape index (κ1) is 13.9. The highest BCUT2D eigenvalue weighted by Gasteiger charge is 2.22. The Hall–Kier alpha value is 0.440. The summed E-state index contributed by atoms with van der Waals surface area (Å²) >= 11 is 4.34. The van der Waals surface area contributed by atoms with Crippen molar-refractivity contribution < 1.29 is 5.11 Å². The molecule has 1 saturated carbocycles. The summed E-state index contributed by atoms with van der Waals surface area (Å²) in [5.74, 6) is 0.991. The van der Waals surface area contributed by atoms with Crippen LogP contribution >= 0.6 is 45.2 Å². The van der Waals surface area contributed by atoms with Gasteiger partial charge in [-0.2, -0.15) is 0 Å². The molecule has 0 aliphatic heterocycles. The molecule has 2 nitrogen and oxygen atoms in total.